The van der Waals surface area contributed by atoms with E-state index in [9.17, 15) is 19.2 Å². The molecule has 150 valence electrons. The number of carbonyl (C=O) groups excluding carboxylic acids is 4. The molecule has 0 N–H and O–H groups in total. The molecule has 1 aliphatic rings. The molecule has 0 bridgehead atoms. The zero-order valence-corrected chi connectivity index (χ0v) is 16.6. The second-order valence-corrected chi connectivity index (χ2v) is 6.53. The second kappa shape index (κ2) is 7.87. The highest BCUT2D eigenvalue weighted by Crippen LogP contribution is 2.39. The van der Waals surface area contributed by atoms with Gasteiger partial charge in [-0.15, -0.1) is 0 Å². The van der Waals surface area contributed by atoms with Crippen LogP contribution < -0.4 is 9.47 Å². The van der Waals surface area contributed by atoms with E-state index < -0.39 is 23.5 Å². The third kappa shape index (κ3) is 3.29. The van der Waals surface area contributed by atoms with Gasteiger partial charge in [-0.2, -0.15) is 0 Å². The number of hydrogen-bond donors (Lipinski definition) is 0. The summed E-state index contributed by atoms with van der Waals surface area (Å²) in [5.41, 5.74) is 0.913. The highest BCUT2D eigenvalue weighted by Gasteiger charge is 2.37. The van der Waals surface area contributed by atoms with E-state index in [0.717, 1.165) is 0 Å². The Labute approximate surface area is 167 Å². The normalized spacial score (nSPS) is 12.1. The zero-order valence-electron chi connectivity index (χ0n) is 16.6. The van der Waals surface area contributed by atoms with Gasteiger partial charge in [-0.25, -0.2) is 4.79 Å². The van der Waals surface area contributed by atoms with E-state index in [4.69, 9.17) is 14.2 Å². The molecule has 0 saturated heterocycles. The van der Waals surface area contributed by atoms with Crippen LogP contribution in [0.1, 0.15) is 68.0 Å². The van der Waals surface area contributed by atoms with Crippen molar-refractivity contribution in [2.75, 3.05) is 14.2 Å². The number of methoxy groups -OCH3 is 2. The third-order valence-electron chi connectivity index (χ3n) is 4.73. The molecular weight excluding hydrogens is 376 g/mol. The lowest BCUT2D eigenvalue weighted by Crippen LogP contribution is -2.26. The van der Waals surface area contributed by atoms with Gasteiger partial charge in [0.2, 0.25) is 0 Å². The summed E-state index contributed by atoms with van der Waals surface area (Å²) >= 11 is 0. The molecule has 2 aromatic carbocycles. The standard InChI is InChI=1S/C22H20O7/c1-5-7-12-17-14(10-16(27-3)19(12)22(26)28-4)20(24)13-8-6-9-15(29-11(2)23)18(13)21(17)25/h6,8-10H,5,7H2,1-4H3. The van der Waals surface area contributed by atoms with Gasteiger partial charge in [0.1, 0.15) is 17.1 Å². The van der Waals surface area contributed by atoms with E-state index in [1.54, 1.807) is 6.07 Å². The van der Waals surface area contributed by atoms with Crippen LogP contribution in [0.5, 0.6) is 11.5 Å². The molecule has 0 heterocycles. The van der Waals surface area contributed by atoms with E-state index in [2.05, 4.69) is 0 Å². The Bertz CT molecular complexity index is 1050. The van der Waals surface area contributed by atoms with Crippen LogP contribution in [0.25, 0.3) is 0 Å². The molecule has 0 radical (unpaired) electrons. The molecular formula is C22H20O7. The van der Waals surface area contributed by atoms with E-state index in [1.165, 1.54) is 39.3 Å². The van der Waals surface area contributed by atoms with Crippen molar-refractivity contribution < 1.29 is 33.4 Å². The first-order valence-corrected chi connectivity index (χ1v) is 9.08. The van der Waals surface area contributed by atoms with E-state index in [-0.39, 0.29) is 39.3 Å². The van der Waals surface area contributed by atoms with Crippen LogP contribution in [-0.2, 0) is 16.0 Å². The Morgan fingerprint density at radius 1 is 0.966 bits per heavy atom. The molecule has 3 rings (SSSR count). The van der Waals surface area contributed by atoms with Crippen molar-refractivity contribution in [3.05, 3.63) is 57.6 Å². The number of ether oxygens (including phenoxy) is 3. The number of fused-ring (bicyclic) bond motifs is 2. The van der Waals surface area contributed by atoms with Gasteiger partial charge in [-0.1, -0.05) is 25.5 Å². The quantitative estimate of drug-likeness (QED) is 0.483. The number of benzene rings is 2. The second-order valence-electron chi connectivity index (χ2n) is 6.53. The summed E-state index contributed by atoms with van der Waals surface area (Å²) in [6.07, 6.45) is 0.970. The highest BCUT2D eigenvalue weighted by atomic mass is 16.5. The van der Waals surface area contributed by atoms with Crippen LogP contribution in [0.2, 0.25) is 0 Å². The molecule has 0 aromatic heterocycles. The summed E-state index contributed by atoms with van der Waals surface area (Å²) in [6.45, 7) is 3.10. The van der Waals surface area contributed by atoms with Gasteiger partial charge in [0, 0.05) is 23.6 Å². The van der Waals surface area contributed by atoms with Gasteiger partial charge in [-0.3, -0.25) is 14.4 Å². The summed E-state index contributed by atoms with van der Waals surface area (Å²) in [5, 5.41) is 0. The van der Waals surface area contributed by atoms with Gasteiger partial charge in [0.15, 0.2) is 11.6 Å². The number of rotatable bonds is 5. The minimum atomic E-state index is -0.660. The van der Waals surface area contributed by atoms with Gasteiger partial charge in [-0.05, 0) is 24.1 Å². The molecule has 0 unspecified atom stereocenters. The van der Waals surface area contributed by atoms with Crippen molar-refractivity contribution in [1.29, 1.82) is 0 Å². The van der Waals surface area contributed by atoms with Crippen molar-refractivity contribution in [2.45, 2.75) is 26.7 Å². The fourth-order valence-electron chi connectivity index (χ4n) is 3.60. The van der Waals surface area contributed by atoms with Crippen LogP contribution in [0, 0.1) is 0 Å². The highest BCUT2D eigenvalue weighted by molar-refractivity contribution is 6.30. The van der Waals surface area contributed by atoms with Crippen LogP contribution in [0.15, 0.2) is 24.3 Å². The molecule has 0 aliphatic heterocycles. The number of ketones is 2. The van der Waals surface area contributed by atoms with Crippen LogP contribution >= 0.6 is 0 Å². The number of esters is 2. The zero-order chi connectivity index (χ0) is 21.3. The monoisotopic (exact) mass is 396 g/mol. The van der Waals surface area contributed by atoms with Crippen LogP contribution in [0.3, 0.4) is 0 Å². The van der Waals surface area contributed by atoms with Gasteiger partial charge in [0.05, 0.1) is 19.8 Å². The Kier molecular flexibility index (Phi) is 5.50. The SMILES string of the molecule is CCCc1c(C(=O)OC)c(OC)cc2c1C(=O)c1c(OC(C)=O)cccc1C2=O. The first kappa shape index (κ1) is 20.3. The smallest absolute Gasteiger partial charge is 0.341 e. The summed E-state index contributed by atoms with van der Waals surface area (Å²) < 4.78 is 15.4. The van der Waals surface area contributed by atoms with Gasteiger partial charge >= 0.3 is 11.9 Å². The molecule has 29 heavy (non-hydrogen) atoms. The fourth-order valence-corrected chi connectivity index (χ4v) is 3.60. The molecule has 0 atom stereocenters. The van der Waals surface area contributed by atoms with Gasteiger partial charge < -0.3 is 14.2 Å². The number of carbonyl (C=O) groups is 4. The fraction of sp³-hybridized carbons (Fsp3) is 0.273. The number of hydrogen-bond acceptors (Lipinski definition) is 7. The summed E-state index contributed by atoms with van der Waals surface area (Å²) in [7, 11) is 2.61. The Hall–Kier alpha value is -3.48. The van der Waals surface area contributed by atoms with Crippen molar-refractivity contribution in [3.63, 3.8) is 0 Å². The minimum Gasteiger partial charge on any atom is -0.496 e. The molecule has 0 fully saturated rings. The Morgan fingerprint density at radius 3 is 2.28 bits per heavy atom. The van der Waals surface area contributed by atoms with E-state index in [0.29, 0.717) is 18.4 Å². The van der Waals surface area contributed by atoms with Crippen molar-refractivity contribution in [1.82, 2.24) is 0 Å². The Balaban J connectivity index is 2.37. The molecule has 1 aliphatic carbocycles. The Morgan fingerprint density at radius 2 is 1.69 bits per heavy atom. The van der Waals surface area contributed by atoms with E-state index in [1.807, 2.05) is 6.92 Å². The largest absolute Gasteiger partial charge is 0.496 e. The van der Waals surface area contributed by atoms with Crippen molar-refractivity contribution in [3.8, 4) is 11.5 Å². The average molecular weight is 396 g/mol. The maximum atomic E-state index is 13.5. The lowest BCUT2D eigenvalue weighted by molar-refractivity contribution is -0.131. The maximum absolute atomic E-state index is 13.5. The van der Waals surface area contributed by atoms with E-state index >= 15 is 0 Å². The minimum absolute atomic E-state index is 0.0110. The van der Waals surface area contributed by atoms with Gasteiger partial charge in [0.25, 0.3) is 0 Å². The summed E-state index contributed by atoms with van der Waals surface area (Å²) in [5.74, 6) is -1.98. The first-order chi connectivity index (χ1) is 13.8. The van der Waals surface area contributed by atoms with Crippen molar-refractivity contribution in [2.24, 2.45) is 0 Å². The lowest BCUT2D eigenvalue weighted by atomic mass is 9.78. The summed E-state index contributed by atoms with van der Waals surface area (Å²) in [6, 6.07) is 5.90. The molecule has 7 nitrogen and oxygen atoms in total. The molecule has 7 heteroatoms. The predicted octanol–water partition coefficient (Wildman–Crippen LogP) is 3.14. The molecule has 0 amide bonds. The van der Waals surface area contributed by atoms with Crippen molar-refractivity contribution >= 4 is 23.5 Å². The average Bonchev–Trinajstić information content (AvgIpc) is 2.70. The first-order valence-electron chi connectivity index (χ1n) is 9.08. The summed E-state index contributed by atoms with van der Waals surface area (Å²) in [4.78, 5) is 50.6. The topological polar surface area (TPSA) is 96.0 Å². The molecule has 0 spiro atoms. The maximum Gasteiger partial charge on any atom is 0.341 e. The lowest BCUT2D eigenvalue weighted by Gasteiger charge is -2.24. The predicted molar refractivity (Wildman–Crippen MR) is 103 cm³/mol. The van der Waals surface area contributed by atoms with Crippen LogP contribution in [0.4, 0.5) is 0 Å². The molecule has 2 aromatic rings. The third-order valence-corrected chi connectivity index (χ3v) is 4.73. The van der Waals surface area contributed by atoms with Crippen LogP contribution in [-0.4, -0.2) is 37.7 Å². The molecule has 0 saturated carbocycles.